The summed E-state index contributed by atoms with van der Waals surface area (Å²) in [5.41, 5.74) is 1.19. The summed E-state index contributed by atoms with van der Waals surface area (Å²) >= 11 is 0. The monoisotopic (exact) mass is 301 g/mol. The Labute approximate surface area is 125 Å². The van der Waals surface area contributed by atoms with Crippen LogP contribution in [-0.2, 0) is 14.4 Å². The van der Waals surface area contributed by atoms with Gasteiger partial charge in [-0.05, 0) is 19.4 Å². The lowest BCUT2D eigenvalue weighted by molar-refractivity contribution is -0.140. The van der Waals surface area contributed by atoms with E-state index < -0.39 is 17.9 Å². The first-order valence-electron chi connectivity index (χ1n) is 7.02. The second-order valence-corrected chi connectivity index (χ2v) is 5.36. The Morgan fingerprint density at radius 1 is 1.41 bits per heavy atom. The molecule has 0 saturated carbocycles. The van der Waals surface area contributed by atoms with E-state index in [4.69, 9.17) is 0 Å². The van der Waals surface area contributed by atoms with E-state index in [1.54, 1.807) is 12.1 Å². The number of hydrogen-bond donors (Lipinski definition) is 2. The third-order valence-corrected chi connectivity index (χ3v) is 3.94. The number of para-hydroxylation sites is 1. The zero-order chi connectivity index (χ0) is 15.9. The fraction of sp³-hybridized carbons (Fsp3) is 0.333. The molecule has 2 amide bonds. The van der Waals surface area contributed by atoms with Crippen LogP contribution in [0.5, 0.6) is 0 Å². The van der Waals surface area contributed by atoms with E-state index in [1.807, 2.05) is 12.1 Å². The van der Waals surface area contributed by atoms with Crippen molar-refractivity contribution >= 4 is 28.7 Å². The number of fused-ring (bicyclic) bond motifs is 1. The SMILES string of the molecule is CC(C(=O)O)n1nc(C2CCC(=O)NC2=O)c2ccccc21. The van der Waals surface area contributed by atoms with Crippen molar-refractivity contribution in [2.24, 2.45) is 0 Å². The summed E-state index contributed by atoms with van der Waals surface area (Å²) in [6.45, 7) is 1.54. The number of carboxylic acid groups (broad SMARTS) is 1. The molecule has 2 N–H and O–H groups in total. The highest BCUT2D eigenvalue weighted by Gasteiger charge is 2.32. The highest BCUT2D eigenvalue weighted by atomic mass is 16.4. The Kier molecular flexibility index (Phi) is 3.40. The molecule has 2 atom stereocenters. The molecule has 0 bridgehead atoms. The molecule has 0 radical (unpaired) electrons. The van der Waals surface area contributed by atoms with E-state index in [-0.39, 0.29) is 18.2 Å². The minimum Gasteiger partial charge on any atom is -0.480 e. The third-order valence-electron chi connectivity index (χ3n) is 3.94. The molecule has 1 aliphatic rings. The van der Waals surface area contributed by atoms with Gasteiger partial charge in [0.1, 0.15) is 6.04 Å². The Hall–Kier alpha value is -2.70. The molecule has 2 unspecified atom stereocenters. The van der Waals surface area contributed by atoms with Crippen molar-refractivity contribution in [1.82, 2.24) is 15.1 Å². The van der Waals surface area contributed by atoms with Gasteiger partial charge in [0.15, 0.2) is 0 Å². The molecule has 22 heavy (non-hydrogen) atoms. The van der Waals surface area contributed by atoms with Crippen LogP contribution in [0.1, 0.15) is 37.4 Å². The van der Waals surface area contributed by atoms with Crippen LogP contribution in [0, 0.1) is 0 Å². The molecular formula is C15H15N3O4. The van der Waals surface area contributed by atoms with Crippen molar-refractivity contribution in [2.75, 3.05) is 0 Å². The summed E-state index contributed by atoms with van der Waals surface area (Å²) in [5, 5.41) is 16.6. The Morgan fingerprint density at radius 3 is 2.82 bits per heavy atom. The quantitative estimate of drug-likeness (QED) is 0.830. The molecule has 3 rings (SSSR count). The van der Waals surface area contributed by atoms with Crippen LogP contribution in [-0.4, -0.2) is 32.7 Å². The van der Waals surface area contributed by atoms with Gasteiger partial charge in [-0.3, -0.25) is 19.6 Å². The fourth-order valence-corrected chi connectivity index (χ4v) is 2.73. The van der Waals surface area contributed by atoms with Crippen LogP contribution in [0.25, 0.3) is 10.9 Å². The molecule has 0 spiro atoms. The highest BCUT2D eigenvalue weighted by molar-refractivity contribution is 6.02. The van der Waals surface area contributed by atoms with Gasteiger partial charge in [-0.25, -0.2) is 4.79 Å². The summed E-state index contributed by atoms with van der Waals surface area (Å²) < 4.78 is 1.41. The fourth-order valence-electron chi connectivity index (χ4n) is 2.73. The normalized spacial score (nSPS) is 20.0. The van der Waals surface area contributed by atoms with Crippen molar-refractivity contribution in [3.8, 4) is 0 Å². The van der Waals surface area contributed by atoms with E-state index in [2.05, 4.69) is 10.4 Å². The smallest absolute Gasteiger partial charge is 0.328 e. The van der Waals surface area contributed by atoms with Crippen LogP contribution < -0.4 is 5.32 Å². The maximum absolute atomic E-state index is 12.1. The standard InChI is InChI=1S/C15H15N3O4/c1-8(15(21)22)18-11-5-3-2-4-9(11)13(17-18)10-6-7-12(19)16-14(10)20/h2-5,8,10H,6-7H2,1H3,(H,21,22)(H,16,19,20). The number of aromatic nitrogens is 2. The molecule has 2 heterocycles. The Balaban J connectivity index is 2.12. The number of carbonyl (C=O) groups is 3. The summed E-state index contributed by atoms with van der Waals surface area (Å²) in [7, 11) is 0. The molecule has 1 aliphatic heterocycles. The first-order valence-corrected chi connectivity index (χ1v) is 7.02. The second-order valence-electron chi connectivity index (χ2n) is 5.36. The number of aliphatic carboxylic acids is 1. The lowest BCUT2D eigenvalue weighted by Crippen LogP contribution is -2.39. The molecule has 0 aliphatic carbocycles. The number of rotatable bonds is 3. The molecule has 7 nitrogen and oxygen atoms in total. The molecule has 1 fully saturated rings. The topological polar surface area (TPSA) is 101 Å². The van der Waals surface area contributed by atoms with Gasteiger partial charge in [0.25, 0.3) is 0 Å². The van der Waals surface area contributed by atoms with Gasteiger partial charge in [0, 0.05) is 11.8 Å². The predicted molar refractivity (Wildman–Crippen MR) is 77.2 cm³/mol. The van der Waals surface area contributed by atoms with Gasteiger partial charge in [-0.2, -0.15) is 5.10 Å². The van der Waals surface area contributed by atoms with Crippen molar-refractivity contribution in [2.45, 2.75) is 31.7 Å². The van der Waals surface area contributed by atoms with E-state index in [0.717, 1.165) is 5.39 Å². The zero-order valence-corrected chi connectivity index (χ0v) is 11.9. The van der Waals surface area contributed by atoms with Crippen LogP contribution in [0.4, 0.5) is 0 Å². The van der Waals surface area contributed by atoms with Gasteiger partial charge < -0.3 is 5.11 Å². The first kappa shape index (κ1) is 14.2. The van der Waals surface area contributed by atoms with Crippen molar-refractivity contribution in [3.63, 3.8) is 0 Å². The molecule has 1 saturated heterocycles. The Bertz CT molecular complexity index is 780. The van der Waals surface area contributed by atoms with Crippen molar-refractivity contribution in [1.29, 1.82) is 0 Å². The lowest BCUT2D eigenvalue weighted by atomic mass is 9.93. The van der Waals surface area contributed by atoms with E-state index >= 15 is 0 Å². The molecule has 1 aromatic heterocycles. The van der Waals surface area contributed by atoms with Crippen LogP contribution >= 0.6 is 0 Å². The molecule has 1 aromatic carbocycles. The predicted octanol–water partition coefficient (Wildman–Crippen LogP) is 1.20. The number of piperidine rings is 1. The van der Waals surface area contributed by atoms with Crippen molar-refractivity contribution in [3.05, 3.63) is 30.0 Å². The number of nitrogens with zero attached hydrogens (tertiary/aromatic N) is 2. The first-order chi connectivity index (χ1) is 10.5. The second kappa shape index (κ2) is 5.25. The summed E-state index contributed by atoms with van der Waals surface area (Å²) in [6, 6.07) is 6.36. The highest BCUT2D eigenvalue weighted by Crippen LogP contribution is 2.31. The van der Waals surface area contributed by atoms with E-state index in [0.29, 0.717) is 17.6 Å². The number of carbonyl (C=O) groups excluding carboxylic acids is 2. The van der Waals surface area contributed by atoms with Gasteiger partial charge >= 0.3 is 5.97 Å². The number of benzene rings is 1. The molecule has 7 heteroatoms. The van der Waals surface area contributed by atoms with Gasteiger partial charge in [0.2, 0.25) is 11.8 Å². The third kappa shape index (κ3) is 2.24. The van der Waals surface area contributed by atoms with E-state index in [9.17, 15) is 19.5 Å². The number of amides is 2. The average Bonchev–Trinajstić information content (AvgIpc) is 2.86. The molecule has 114 valence electrons. The lowest BCUT2D eigenvalue weighted by Gasteiger charge is -2.19. The number of imide groups is 1. The van der Waals surface area contributed by atoms with Crippen molar-refractivity contribution < 1.29 is 19.5 Å². The molecular weight excluding hydrogens is 286 g/mol. The molecule has 2 aromatic rings. The maximum Gasteiger partial charge on any atom is 0.328 e. The summed E-state index contributed by atoms with van der Waals surface area (Å²) in [4.78, 5) is 34.6. The number of hydrogen-bond acceptors (Lipinski definition) is 4. The van der Waals surface area contributed by atoms with Crippen LogP contribution in [0.2, 0.25) is 0 Å². The minimum absolute atomic E-state index is 0.256. The largest absolute Gasteiger partial charge is 0.480 e. The van der Waals surface area contributed by atoms with Crippen LogP contribution in [0.3, 0.4) is 0 Å². The van der Waals surface area contributed by atoms with Gasteiger partial charge in [0.05, 0.1) is 17.1 Å². The summed E-state index contributed by atoms with van der Waals surface area (Å²) in [5.74, 6) is -2.20. The van der Waals surface area contributed by atoms with E-state index in [1.165, 1.54) is 11.6 Å². The average molecular weight is 301 g/mol. The van der Waals surface area contributed by atoms with Crippen LogP contribution in [0.15, 0.2) is 24.3 Å². The van der Waals surface area contributed by atoms with Gasteiger partial charge in [-0.15, -0.1) is 0 Å². The van der Waals surface area contributed by atoms with Gasteiger partial charge in [-0.1, -0.05) is 18.2 Å². The Morgan fingerprint density at radius 2 is 2.14 bits per heavy atom. The minimum atomic E-state index is -0.997. The summed E-state index contributed by atoms with van der Waals surface area (Å²) in [6.07, 6.45) is 0.638. The maximum atomic E-state index is 12.1. The number of nitrogens with one attached hydrogen (secondary N) is 1. The zero-order valence-electron chi connectivity index (χ0n) is 11.9. The number of carboxylic acids is 1.